The van der Waals surface area contributed by atoms with Gasteiger partial charge in [0.2, 0.25) is 5.16 Å². The lowest BCUT2D eigenvalue weighted by Crippen LogP contribution is -2.10. The molecule has 0 radical (unpaired) electrons. The van der Waals surface area contributed by atoms with Gasteiger partial charge in [0.1, 0.15) is 0 Å². The molecular formula is C17H22N4OS. The summed E-state index contributed by atoms with van der Waals surface area (Å²) in [6.45, 7) is 2.16. The van der Waals surface area contributed by atoms with Crippen molar-refractivity contribution in [1.29, 1.82) is 0 Å². The van der Waals surface area contributed by atoms with E-state index in [4.69, 9.17) is 0 Å². The summed E-state index contributed by atoms with van der Waals surface area (Å²) in [6.07, 6.45) is 6.90. The van der Waals surface area contributed by atoms with E-state index in [1.54, 1.807) is 0 Å². The molecule has 1 fully saturated rings. The molecule has 0 saturated heterocycles. The van der Waals surface area contributed by atoms with Gasteiger partial charge in [0.05, 0.1) is 11.8 Å². The third-order valence-electron chi connectivity index (χ3n) is 4.28. The maximum atomic E-state index is 12.3. The van der Waals surface area contributed by atoms with E-state index >= 15 is 0 Å². The summed E-state index contributed by atoms with van der Waals surface area (Å²) in [5.74, 6) is 0.499. The van der Waals surface area contributed by atoms with Crippen LogP contribution in [0.4, 0.5) is 0 Å². The number of tetrazole rings is 1. The Balaban J connectivity index is 1.59. The first kappa shape index (κ1) is 16.2. The molecule has 122 valence electrons. The first-order valence-corrected chi connectivity index (χ1v) is 9.29. The van der Waals surface area contributed by atoms with E-state index < -0.39 is 0 Å². The highest BCUT2D eigenvalue weighted by Crippen LogP contribution is 2.31. The summed E-state index contributed by atoms with van der Waals surface area (Å²) >= 11 is 1.44. The van der Waals surface area contributed by atoms with Crippen molar-refractivity contribution in [3.63, 3.8) is 0 Å². The number of Topliss-reactive ketones (excluding diaryl/α,β-unsaturated/α-hetero) is 1. The maximum absolute atomic E-state index is 12.3. The van der Waals surface area contributed by atoms with Crippen LogP contribution < -0.4 is 0 Å². The Hall–Kier alpha value is -1.69. The summed E-state index contributed by atoms with van der Waals surface area (Å²) in [4.78, 5) is 12.3. The Labute approximate surface area is 140 Å². The topological polar surface area (TPSA) is 60.7 Å². The molecule has 0 spiro atoms. The molecule has 1 aliphatic rings. The van der Waals surface area contributed by atoms with Crippen LogP contribution in [0, 0.1) is 0 Å². The van der Waals surface area contributed by atoms with E-state index in [-0.39, 0.29) is 5.78 Å². The summed E-state index contributed by atoms with van der Waals surface area (Å²) in [7, 11) is 0. The molecule has 1 aromatic carbocycles. The number of thioether (sulfide) groups is 1. The molecule has 23 heavy (non-hydrogen) atoms. The van der Waals surface area contributed by atoms with Crippen LogP contribution in [-0.2, 0) is 6.42 Å². The van der Waals surface area contributed by atoms with Gasteiger partial charge >= 0.3 is 0 Å². The SMILES string of the molecule is CCCc1ccc(C(=O)CSc2nnnn2C2CCCC2)cc1. The summed E-state index contributed by atoms with van der Waals surface area (Å²) in [5.41, 5.74) is 2.04. The van der Waals surface area contributed by atoms with Gasteiger partial charge in [-0.2, -0.15) is 0 Å². The van der Waals surface area contributed by atoms with Crippen LogP contribution in [0.1, 0.15) is 61.0 Å². The standard InChI is InChI=1S/C17H22N4OS/c1-2-5-13-8-10-14(11-9-13)16(22)12-23-17-18-19-20-21(17)15-6-3-4-7-15/h8-11,15H,2-7,12H2,1H3. The van der Waals surface area contributed by atoms with E-state index in [2.05, 4.69) is 22.4 Å². The Kier molecular flexibility index (Phi) is 5.43. The molecule has 1 saturated carbocycles. The van der Waals surface area contributed by atoms with Crippen molar-refractivity contribution >= 4 is 17.5 Å². The molecule has 1 aliphatic carbocycles. The quantitative estimate of drug-likeness (QED) is 0.572. The molecule has 0 unspecified atom stereocenters. The maximum Gasteiger partial charge on any atom is 0.210 e. The van der Waals surface area contributed by atoms with Crippen molar-refractivity contribution in [2.24, 2.45) is 0 Å². The van der Waals surface area contributed by atoms with Gasteiger partial charge in [-0.05, 0) is 35.3 Å². The number of hydrogen-bond acceptors (Lipinski definition) is 5. The number of ketones is 1. The van der Waals surface area contributed by atoms with Gasteiger partial charge in [-0.15, -0.1) is 5.10 Å². The van der Waals surface area contributed by atoms with Gasteiger partial charge in [-0.25, -0.2) is 4.68 Å². The average Bonchev–Trinajstić information content (AvgIpc) is 3.24. The molecule has 3 rings (SSSR count). The molecule has 0 N–H and O–H groups in total. The fourth-order valence-corrected chi connectivity index (χ4v) is 3.86. The van der Waals surface area contributed by atoms with Crippen molar-refractivity contribution in [3.05, 3.63) is 35.4 Å². The predicted molar refractivity (Wildman–Crippen MR) is 90.8 cm³/mol. The van der Waals surface area contributed by atoms with Crippen molar-refractivity contribution in [1.82, 2.24) is 20.2 Å². The lowest BCUT2D eigenvalue weighted by molar-refractivity contribution is 0.102. The number of nitrogens with zero attached hydrogens (tertiary/aromatic N) is 4. The van der Waals surface area contributed by atoms with Crippen molar-refractivity contribution in [2.75, 3.05) is 5.75 Å². The Bertz CT molecular complexity index is 647. The van der Waals surface area contributed by atoms with E-state index in [1.165, 1.54) is 30.2 Å². The van der Waals surface area contributed by atoms with E-state index in [0.717, 1.165) is 36.4 Å². The highest BCUT2D eigenvalue weighted by molar-refractivity contribution is 7.99. The number of carbonyl (C=O) groups is 1. The van der Waals surface area contributed by atoms with Gasteiger partial charge in [0.25, 0.3) is 0 Å². The molecule has 5 nitrogen and oxygen atoms in total. The van der Waals surface area contributed by atoms with Crippen molar-refractivity contribution in [2.45, 2.75) is 56.6 Å². The monoisotopic (exact) mass is 330 g/mol. The Morgan fingerprint density at radius 3 is 2.70 bits per heavy atom. The van der Waals surface area contributed by atoms with Crippen molar-refractivity contribution < 1.29 is 4.79 Å². The van der Waals surface area contributed by atoms with Crippen LogP contribution in [0.5, 0.6) is 0 Å². The number of carbonyl (C=O) groups excluding carboxylic acids is 1. The highest BCUT2D eigenvalue weighted by Gasteiger charge is 2.22. The smallest absolute Gasteiger partial charge is 0.210 e. The third-order valence-corrected chi connectivity index (χ3v) is 5.21. The first-order valence-electron chi connectivity index (χ1n) is 8.30. The van der Waals surface area contributed by atoms with Gasteiger partial charge in [0, 0.05) is 5.56 Å². The number of aryl methyl sites for hydroxylation is 1. The second-order valence-electron chi connectivity index (χ2n) is 6.00. The van der Waals surface area contributed by atoms with E-state index in [1.807, 2.05) is 28.9 Å². The molecule has 6 heteroatoms. The minimum Gasteiger partial charge on any atom is -0.293 e. The summed E-state index contributed by atoms with van der Waals surface area (Å²) in [5, 5.41) is 12.7. The van der Waals surface area contributed by atoms with Crippen LogP contribution in [0.2, 0.25) is 0 Å². The molecule has 1 heterocycles. The van der Waals surface area contributed by atoms with Crippen LogP contribution in [0.15, 0.2) is 29.4 Å². The van der Waals surface area contributed by atoms with Gasteiger partial charge in [-0.3, -0.25) is 4.79 Å². The number of aromatic nitrogens is 4. The van der Waals surface area contributed by atoms with Gasteiger partial charge < -0.3 is 0 Å². The third kappa shape index (κ3) is 3.99. The van der Waals surface area contributed by atoms with Crippen LogP contribution in [0.25, 0.3) is 0 Å². The second kappa shape index (κ2) is 7.73. The van der Waals surface area contributed by atoms with Crippen LogP contribution >= 0.6 is 11.8 Å². The first-order chi connectivity index (χ1) is 11.3. The molecule has 0 amide bonds. The molecule has 0 bridgehead atoms. The van der Waals surface area contributed by atoms with Gasteiger partial charge in [0.15, 0.2) is 5.78 Å². The van der Waals surface area contributed by atoms with Crippen LogP contribution in [-0.4, -0.2) is 31.7 Å². The average molecular weight is 330 g/mol. The van der Waals surface area contributed by atoms with Gasteiger partial charge in [-0.1, -0.05) is 62.2 Å². The number of hydrogen-bond donors (Lipinski definition) is 0. The number of benzene rings is 1. The fraction of sp³-hybridized carbons (Fsp3) is 0.529. The zero-order chi connectivity index (χ0) is 16.1. The van der Waals surface area contributed by atoms with E-state index in [9.17, 15) is 4.79 Å². The molecule has 1 aromatic heterocycles. The number of rotatable bonds is 7. The Morgan fingerprint density at radius 2 is 2.00 bits per heavy atom. The normalized spacial score (nSPS) is 15.2. The summed E-state index contributed by atoms with van der Waals surface area (Å²) in [6, 6.07) is 8.34. The van der Waals surface area contributed by atoms with Crippen LogP contribution in [0.3, 0.4) is 0 Å². The molecular weight excluding hydrogens is 308 g/mol. The fourth-order valence-electron chi connectivity index (χ4n) is 3.02. The Morgan fingerprint density at radius 1 is 1.26 bits per heavy atom. The zero-order valence-corrected chi connectivity index (χ0v) is 14.3. The summed E-state index contributed by atoms with van der Waals surface area (Å²) < 4.78 is 1.90. The second-order valence-corrected chi connectivity index (χ2v) is 6.95. The molecule has 0 aliphatic heterocycles. The predicted octanol–water partition coefficient (Wildman–Crippen LogP) is 3.72. The zero-order valence-electron chi connectivity index (χ0n) is 13.4. The molecule has 2 aromatic rings. The molecule has 0 atom stereocenters. The minimum atomic E-state index is 0.124. The minimum absolute atomic E-state index is 0.124. The largest absolute Gasteiger partial charge is 0.293 e. The van der Waals surface area contributed by atoms with E-state index in [0.29, 0.717) is 11.8 Å². The lowest BCUT2D eigenvalue weighted by Gasteiger charge is -2.10. The highest BCUT2D eigenvalue weighted by atomic mass is 32.2. The van der Waals surface area contributed by atoms with Crippen molar-refractivity contribution in [3.8, 4) is 0 Å². The lowest BCUT2D eigenvalue weighted by atomic mass is 10.1.